The van der Waals surface area contributed by atoms with E-state index in [1.807, 2.05) is 68.0 Å². The van der Waals surface area contributed by atoms with E-state index < -0.39 is 68.4 Å². The summed E-state index contributed by atoms with van der Waals surface area (Å²) in [5.41, 5.74) is -3.05. The second kappa shape index (κ2) is 12.9. The first kappa shape index (κ1) is 35.3. The minimum absolute atomic E-state index is 0.170. The van der Waals surface area contributed by atoms with Crippen molar-refractivity contribution in [2.45, 2.75) is 87.8 Å². The van der Waals surface area contributed by atoms with Gasteiger partial charge < -0.3 is 20.3 Å². The molecular weight excluding hydrogens is 629 g/mol. The number of sulfonamides is 1. The Balaban J connectivity index is 1.66. The van der Waals surface area contributed by atoms with Gasteiger partial charge in [-0.3, -0.25) is 19.1 Å². The lowest BCUT2D eigenvalue weighted by Gasteiger charge is -2.36. The summed E-state index contributed by atoms with van der Waals surface area (Å²) in [6.07, 6.45) is 2.04. The van der Waals surface area contributed by atoms with Crippen LogP contribution in [0.5, 0.6) is 0 Å². The minimum Gasteiger partial charge on any atom is -0.444 e. The highest BCUT2D eigenvalue weighted by molar-refractivity contribution is 8.00. The van der Waals surface area contributed by atoms with Crippen LogP contribution in [-0.2, 0) is 29.1 Å². The molecule has 0 radical (unpaired) electrons. The predicted octanol–water partition coefficient (Wildman–Crippen LogP) is 3.98. The Morgan fingerprint density at radius 3 is 2.30 bits per heavy atom. The van der Waals surface area contributed by atoms with Crippen molar-refractivity contribution in [1.29, 1.82) is 0 Å². The van der Waals surface area contributed by atoms with Gasteiger partial charge in [0.1, 0.15) is 23.2 Å². The number of carbonyl (C=O) groups is 4. The number of hydrogen-bond donors (Lipinski definition) is 3. The maximum atomic E-state index is 14.3. The maximum Gasteiger partial charge on any atom is 0.408 e. The molecule has 1 saturated carbocycles. The smallest absolute Gasteiger partial charge is 0.408 e. The fourth-order valence-corrected chi connectivity index (χ4v) is 7.55. The Bertz CT molecular complexity index is 1640. The summed E-state index contributed by atoms with van der Waals surface area (Å²) in [7, 11) is -3.90. The molecular formula is C33H44N4O7S2. The molecule has 1 aliphatic heterocycles. The van der Waals surface area contributed by atoms with Gasteiger partial charge in [0.05, 0.1) is 6.26 Å². The van der Waals surface area contributed by atoms with E-state index in [4.69, 9.17) is 4.74 Å². The summed E-state index contributed by atoms with van der Waals surface area (Å²) in [4.78, 5) is 56.8. The molecule has 3 N–H and O–H groups in total. The van der Waals surface area contributed by atoms with Crippen molar-refractivity contribution in [3.05, 3.63) is 55.1 Å². The average molecular weight is 673 g/mol. The summed E-state index contributed by atoms with van der Waals surface area (Å²) in [6.45, 7) is 14.5. The monoisotopic (exact) mass is 672 g/mol. The summed E-state index contributed by atoms with van der Waals surface area (Å²) in [5, 5.41) is 7.40. The van der Waals surface area contributed by atoms with Crippen LogP contribution in [0.2, 0.25) is 0 Å². The number of nitrogens with zero attached hydrogens (tertiary/aromatic N) is 1. The third-order valence-corrected chi connectivity index (χ3v) is 9.84. The first-order chi connectivity index (χ1) is 21.2. The van der Waals surface area contributed by atoms with Gasteiger partial charge >= 0.3 is 6.09 Å². The van der Waals surface area contributed by atoms with Crippen molar-refractivity contribution in [2.75, 3.05) is 12.8 Å². The quantitative estimate of drug-likeness (QED) is 0.339. The third kappa shape index (κ3) is 8.22. The van der Waals surface area contributed by atoms with Crippen LogP contribution in [0.4, 0.5) is 4.79 Å². The lowest BCUT2D eigenvalue weighted by atomic mass is 9.85. The highest BCUT2D eigenvalue weighted by atomic mass is 32.2. The Hall–Kier alpha value is -3.58. The van der Waals surface area contributed by atoms with Crippen LogP contribution < -0.4 is 15.4 Å². The number of fused-ring (bicyclic) bond motifs is 1. The number of amides is 4. The molecule has 2 aromatic carbocycles. The van der Waals surface area contributed by atoms with Gasteiger partial charge in [-0.1, -0.05) is 63.2 Å². The fraction of sp³-hybridized carbons (Fsp3) is 0.515. The molecule has 4 rings (SSSR count). The number of benzene rings is 2. The number of nitrogens with one attached hydrogen (secondary N) is 3. The van der Waals surface area contributed by atoms with E-state index >= 15 is 0 Å². The fourth-order valence-electron chi connectivity index (χ4n) is 5.69. The zero-order chi connectivity index (χ0) is 34.2. The molecule has 0 aromatic heterocycles. The molecule has 4 amide bonds. The summed E-state index contributed by atoms with van der Waals surface area (Å²) < 4.78 is 31.2. The van der Waals surface area contributed by atoms with Gasteiger partial charge in [-0.25, -0.2) is 13.2 Å². The van der Waals surface area contributed by atoms with Gasteiger partial charge in [0, 0.05) is 22.6 Å². The first-order valence-corrected chi connectivity index (χ1v) is 17.9. The molecule has 11 nitrogen and oxygen atoms in total. The Morgan fingerprint density at radius 2 is 1.72 bits per heavy atom. The van der Waals surface area contributed by atoms with E-state index in [0.717, 1.165) is 21.9 Å². The molecule has 0 spiro atoms. The lowest BCUT2D eigenvalue weighted by Crippen LogP contribution is -2.60. The molecule has 2 aliphatic rings. The standard InChI is InChI=1S/C33H44N4O7S2/c1-9-21-18-33(21,29(40)36-46(8,42)43)35-27(38)24-17-22(45-25-16-12-14-20-13-10-11-15-23(20)25)19-37(24)28(39)26(31(2,3)4)34-30(41)44-32(5,6)7/h9-16,21-22,24,26H,1,17-19H2,2-8H3,(H,34,41)(H,35,38)(H,36,40)/t21?,22-,24+,26-,33?/m1/s1. The predicted molar refractivity (Wildman–Crippen MR) is 178 cm³/mol. The summed E-state index contributed by atoms with van der Waals surface area (Å²) >= 11 is 1.56. The normalized spacial score (nSPS) is 23.7. The third-order valence-electron chi connectivity index (χ3n) is 7.99. The highest BCUT2D eigenvalue weighted by Gasteiger charge is 2.61. The SMILES string of the molecule is C=CC1CC1(NC(=O)[C@@H]1C[C@@H](Sc2cccc3ccccc23)CN1C(=O)[C@@H](NC(=O)OC(C)(C)C)C(C)(C)C)C(=O)NS(C)(=O)=O. The van der Waals surface area contributed by atoms with Crippen molar-refractivity contribution in [3.63, 3.8) is 0 Å². The van der Waals surface area contributed by atoms with Crippen LogP contribution in [0.3, 0.4) is 0 Å². The number of thioether (sulfide) groups is 1. The van der Waals surface area contributed by atoms with Crippen LogP contribution in [0.25, 0.3) is 10.8 Å². The van der Waals surface area contributed by atoms with E-state index in [1.54, 1.807) is 32.5 Å². The molecule has 46 heavy (non-hydrogen) atoms. The van der Waals surface area contributed by atoms with Crippen LogP contribution in [0, 0.1) is 11.3 Å². The number of rotatable bonds is 9. The maximum absolute atomic E-state index is 14.3. The van der Waals surface area contributed by atoms with Crippen molar-refractivity contribution >= 4 is 56.4 Å². The second-order valence-electron chi connectivity index (χ2n) is 14.1. The average Bonchev–Trinajstić information content (AvgIpc) is 3.48. The van der Waals surface area contributed by atoms with Gasteiger partial charge in [-0.05, 0) is 55.9 Å². The summed E-state index contributed by atoms with van der Waals surface area (Å²) in [5.74, 6) is -2.40. The molecule has 1 heterocycles. The van der Waals surface area contributed by atoms with Gasteiger partial charge in [-0.2, -0.15) is 0 Å². The molecule has 2 unspecified atom stereocenters. The lowest BCUT2D eigenvalue weighted by molar-refractivity contribution is -0.142. The Morgan fingerprint density at radius 1 is 1.07 bits per heavy atom. The Labute approximate surface area is 275 Å². The highest BCUT2D eigenvalue weighted by Crippen LogP contribution is 2.45. The number of likely N-dealkylation sites (tertiary alicyclic amines) is 1. The van der Waals surface area contributed by atoms with E-state index in [-0.39, 0.29) is 24.6 Å². The van der Waals surface area contributed by atoms with Crippen molar-refractivity contribution in [2.24, 2.45) is 11.3 Å². The molecule has 5 atom stereocenters. The van der Waals surface area contributed by atoms with E-state index in [2.05, 4.69) is 17.2 Å². The topological polar surface area (TPSA) is 151 Å². The molecule has 13 heteroatoms. The van der Waals surface area contributed by atoms with Crippen LogP contribution in [0.1, 0.15) is 54.4 Å². The van der Waals surface area contributed by atoms with Crippen molar-refractivity contribution < 1.29 is 32.3 Å². The molecule has 250 valence electrons. The molecule has 1 saturated heterocycles. The van der Waals surface area contributed by atoms with Gasteiger partial charge in [0.2, 0.25) is 21.8 Å². The zero-order valence-electron chi connectivity index (χ0n) is 27.4. The van der Waals surface area contributed by atoms with Crippen LogP contribution >= 0.6 is 11.8 Å². The molecule has 2 aromatic rings. The van der Waals surface area contributed by atoms with Crippen molar-refractivity contribution in [3.8, 4) is 0 Å². The number of carbonyl (C=O) groups excluding carboxylic acids is 4. The number of alkyl carbamates (subject to hydrolysis) is 1. The van der Waals surface area contributed by atoms with Crippen molar-refractivity contribution in [1.82, 2.24) is 20.3 Å². The van der Waals surface area contributed by atoms with E-state index in [0.29, 0.717) is 0 Å². The largest absolute Gasteiger partial charge is 0.444 e. The molecule has 1 aliphatic carbocycles. The summed E-state index contributed by atoms with van der Waals surface area (Å²) in [6, 6.07) is 11.9. The van der Waals surface area contributed by atoms with E-state index in [1.165, 1.54) is 11.0 Å². The number of ether oxygens (including phenoxy) is 1. The van der Waals surface area contributed by atoms with Gasteiger partial charge in [0.15, 0.2) is 0 Å². The zero-order valence-corrected chi connectivity index (χ0v) is 29.0. The van der Waals surface area contributed by atoms with Gasteiger partial charge in [0.25, 0.3) is 5.91 Å². The van der Waals surface area contributed by atoms with Crippen LogP contribution in [0.15, 0.2) is 60.0 Å². The first-order valence-electron chi connectivity index (χ1n) is 15.2. The van der Waals surface area contributed by atoms with Crippen LogP contribution in [-0.4, -0.2) is 78.4 Å². The van der Waals surface area contributed by atoms with Gasteiger partial charge in [-0.15, -0.1) is 18.3 Å². The minimum atomic E-state index is -3.90. The second-order valence-corrected chi connectivity index (χ2v) is 17.2. The molecule has 0 bridgehead atoms. The molecule has 2 fully saturated rings. The van der Waals surface area contributed by atoms with E-state index in [9.17, 15) is 27.6 Å². The number of hydrogen-bond acceptors (Lipinski definition) is 8. The Kier molecular flexibility index (Phi) is 9.90.